The molecule has 3 aliphatic heterocycles. The third-order valence-corrected chi connectivity index (χ3v) is 6.75. The quantitative estimate of drug-likeness (QED) is 0.736. The van der Waals surface area contributed by atoms with Crippen LogP contribution in [0.3, 0.4) is 0 Å². The standard InChI is InChI=1S/C15H18N2O4S2/c1-2-16-11-8-23(18,19)9-12(11)17(15(16)22)10-3-4-13-14(7-10)21-6-5-20-13/h3-4,7,11-12H,2,5-6,8-9H2,1H3/t11-,12+/m0/s1. The highest BCUT2D eigenvalue weighted by molar-refractivity contribution is 7.91. The Balaban J connectivity index is 1.74. The summed E-state index contributed by atoms with van der Waals surface area (Å²) >= 11 is 5.61. The van der Waals surface area contributed by atoms with Crippen LogP contribution in [0.15, 0.2) is 18.2 Å². The molecular weight excluding hydrogens is 336 g/mol. The Morgan fingerprint density at radius 2 is 1.87 bits per heavy atom. The van der Waals surface area contributed by atoms with Crippen LogP contribution < -0.4 is 14.4 Å². The van der Waals surface area contributed by atoms with Gasteiger partial charge in [0.15, 0.2) is 26.4 Å². The van der Waals surface area contributed by atoms with Crippen LogP contribution in [-0.2, 0) is 9.84 Å². The lowest BCUT2D eigenvalue weighted by Gasteiger charge is -2.26. The largest absolute Gasteiger partial charge is 0.486 e. The van der Waals surface area contributed by atoms with Gasteiger partial charge < -0.3 is 19.3 Å². The zero-order valence-electron chi connectivity index (χ0n) is 12.8. The number of hydrogen-bond acceptors (Lipinski definition) is 5. The van der Waals surface area contributed by atoms with Gasteiger partial charge in [-0.3, -0.25) is 0 Å². The summed E-state index contributed by atoms with van der Waals surface area (Å²) in [7, 11) is -3.03. The van der Waals surface area contributed by atoms with E-state index in [9.17, 15) is 8.42 Å². The summed E-state index contributed by atoms with van der Waals surface area (Å²) < 4.78 is 35.3. The van der Waals surface area contributed by atoms with Crippen molar-refractivity contribution >= 4 is 32.9 Å². The highest BCUT2D eigenvalue weighted by atomic mass is 32.2. The molecule has 4 rings (SSSR count). The van der Waals surface area contributed by atoms with E-state index in [0.29, 0.717) is 36.4 Å². The van der Waals surface area contributed by atoms with E-state index >= 15 is 0 Å². The molecule has 0 unspecified atom stereocenters. The van der Waals surface area contributed by atoms with Crippen molar-refractivity contribution in [2.24, 2.45) is 0 Å². The molecule has 0 radical (unpaired) electrons. The first-order valence-corrected chi connectivity index (χ1v) is 9.93. The molecule has 3 heterocycles. The van der Waals surface area contributed by atoms with E-state index in [1.165, 1.54) is 0 Å². The van der Waals surface area contributed by atoms with Gasteiger partial charge in [0.1, 0.15) is 13.2 Å². The molecular formula is C15H18N2O4S2. The number of anilines is 1. The van der Waals surface area contributed by atoms with Crippen LogP contribution in [0.2, 0.25) is 0 Å². The molecule has 0 spiro atoms. The van der Waals surface area contributed by atoms with Crippen LogP contribution in [0.4, 0.5) is 5.69 Å². The Morgan fingerprint density at radius 3 is 2.61 bits per heavy atom. The number of fused-ring (bicyclic) bond motifs is 2. The Hall–Kier alpha value is -1.54. The molecule has 2 saturated heterocycles. The molecule has 2 fully saturated rings. The first kappa shape index (κ1) is 15.0. The van der Waals surface area contributed by atoms with Gasteiger partial charge in [-0.25, -0.2) is 8.42 Å². The van der Waals surface area contributed by atoms with Crippen molar-refractivity contribution < 1.29 is 17.9 Å². The van der Waals surface area contributed by atoms with Crippen molar-refractivity contribution in [2.45, 2.75) is 19.0 Å². The summed E-state index contributed by atoms with van der Waals surface area (Å²) in [5, 5.41) is 0.689. The van der Waals surface area contributed by atoms with Crippen LogP contribution in [-0.4, -0.2) is 61.8 Å². The number of ether oxygens (including phenoxy) is 2. The summed E-state index contributed by atoms with van der Waals surface area (Å²) in [5.74, 6) is 1.71. The fraction of sp³-hybridized carbons (Fsp3) is 0.533. The number of benzene rings is 1. The second-order valence-corrected chi connectivity index (χ2v) is 8.50. The maximum absolute atomic E-state index is 12.1. The molecule has 8 heteroatoms. The van der Waals surface area contributed by atoms with E-state index in [2.05, 4.69) is 0 Å². The van der Waals surface area contributed by atoms with Crippen molar-refractivity contribution in [3.8, 4) is 11.5 Å². The number of sulfone groups is 1. The summed E-state index contributed by atoms with van der Waals surface area (Å²) in [6.07, 6.45) is 0. The molecule has 2 atom stereocenters. The molecule has 0 aromatic heterocycles. The zero-order valence-corrected chi connectivity index (χ0v) is 14.4. The molecule has 1 aromatic rings. The van der Waals surface area contributed by atoms with Gasteiger partial charge in [0.2, 0.25) is 0 Å². The minimum atomic E-state index is -3.03. The first-order valence-electron chi connectivity index (χ1n) is 7.70. The van der Waals surface area contributed by atoms with Gasteiger partial charge in [-0.05, 0) is 31.3 Å². The maximum Gasteiger partial charge on any atom is 0.176 e. The summed E-state index contributed by atoms with van der Waals surface area (Å²) in [5.41, 5.74) is 0.863. The molecule has 23 heavy (non-hydrogen) atoms. The SMILES string of the molecule is CCN1C(=S)N(c2ccc3c(c2)OCCO3)[C@@H]2CS(=O)(=O)C[C@@H]21. The van der Waals surface area contributed by atoms with Gasteiger partial charge in [-0.2, -0.15) is 0 Å². The molecule has 1 aromatic carbocycles. The molecule has 6 nitrogen and oxygen atoms in total. The van der Waals surface area contributed by atoms with Crippen LogP contribution in [0, 0.1) is 0 Å². The van der Waals surface area contributed by atoms with Crippen molar-refractivity contribution in [1.29, 1.82) is 0 Å². The molecule has 0 saturated carbocycles. The minimum absolute atomic E-state index is 0.0642. The van der Waals surface area contributed by atoms with Crippen LogP contribution in [0.5, 0.6) is 11.5 Å². The molecule has 0 amide bonds. The Morgan fingerprint density at radius 1 is 1.17 bits per heavy atom. The lowest BCUT2D eigenvalue weighted by Crippen LogP contribution is -2.37. The fourth-order valence-corrected chi connectivity index (χ4v) is 6.09. The first-order chi connectivity index (χ1) is 11.0. The second kappa shape index (κ2) is 5.24. The smallest absolute Gasteiger partial charge is 0.176 e. The van der Waals surface area contributed by atoms with Gasteiger partial charge in [0.05, 0.1) is 23.6 Å². The highest BCUT2D eigenvalue weighted by Crippen LogP contribution is 2.39. The van der Waals surface area contributed by atoms with Gasteiger partial charge in [-0.15, -0.1) is 0 Å². The van der Waals surface area contributed by atoms with Gasteiger partial charge >= 0.3 is 0 Å². The number of thiocarbonyl (C=S) groups is 1. The van der Waals surface area contributed by atoms with E-state index < -0.39 is 9.84 Å². The average molecular weight is 354 g/mol. The molecule has 124 valence electrons. The number of nitrogens with zero attached hydrogens (tertiary/aromatic N) is 2. The molecule has 0 N–H and O–H groups in total. The van der Waals surface area contributed by atoms with E-state index in [-0.39, 0.29) is 23.6 Å². The molecule has 3 aliphatic rings. The van der Waals surface area contributed by atoms with Crippen LogP contribution in [0.1, 0.15) is 6.92 Å². The topological polar surface area (TPSA) is 59.1 Å². The predicted octanol–water partition coefficient (Wildman–Crippen LogP) is 1.05. The Kier molecular flexibility index (Phi) is 3.42. The average Bonchev–Trinajstić information content (AvgIpc) is 2.95. The normalized spacial score (nSPS) is 28.1. The number of rotatable bonds is 2. The highest BCUT2D eigenvalue weighted by Gasteiger charge is 2.51. The summed E-state index contributed by atoms with van der Waals surface area (Å²) in [4.78, 5) is 3.98. The van der Waals surface area contributed by atoms with Crippen molar-refractivity contribution in [3.63, 3.8) is 0 Å². The Labute approximate surface area is 140 Å². The summed E-state index contributed by atoms with van der Waals surface area (Å²) in [6, 6.07) is 5.48. The van der Waals surface area contributed by atoms with Crippen molar-refractivity contribution in [1.82, 2.24) is 4.90 Å². The minimum Gasteiger partial charge on any atom is -0.486 e. The van der Waals surface area contributed by atoms with Crippen molar-refractivity contribution in [3.05, 3.63) is 18.2 Å². The lowest BCUT2D eigenvalue weighted by molar-refractivity contribution is 0.171. The van der Waals surface area contributed by atoms with Gasteiger partial charge in [-0.1, -0.05) is 0 Å². The van der Waals surface area contributed by atoms with Crippen LogP contribution >= 0.6 is 12.2 Å². The Bertz CT molecular complexity index is 765. The van der Waals surface area contributed by atoms with Crippen molar-refractivity contribution in [2.75, 3.05) is 36.2 Å². The maximum atomic E-state index is 12.1. The lowest BCUT2D eigenvalue weighted by atomic mass is 10.1. The van der Waals surface area contributed by atoms with E-state index in [1.54, 1.807) is 0 Å². The third-order valence-electron chi connectivity index (χ3n) is 4.62. The monoisotopic (exact) mass is 354 g/mol. The second-order valence-electron chi connectivity index (χ2n) is 5.98. The summed E-state index contributed by atoms with van der Waals surface area (Å²) in [6.45, 7) is 3.77. The van der Waals surface area contributed by atoms with Crippen LogP contribution in [0.25, 0.3) is 0 Å². The van der Waals surface area contributed by atoms with E-state index in [4.69, 9.17) is 21.7 Å². The number of likely N-dealkylation sites (N-methyl/N-ethyl adjacent to an activating group) is 1. The van der Waals surface area contributed by atoms with Gasteiger partial charge in [0.25, 0.3) is 0 Å². The zero-order chi connectivity index (χ0) is 16.2. The fourth-order valence-electron chi connectivity index (χ4n) is 3.63. The van der Waals surface area contributed by atoms with Gasteiger partial charge in [0, 0.05) is 18.3 Å². The van der Waals surface area contributed by atoms with E-state index in [0.717, 1.165) is 5.69 Å². The van der Waals surface area contributed by atoms with E-state index in [1.807, 2.05) is 34.9 Å². The molecule has 0 bridgehead atoms. The predicted molar refractivity (Wildman–Crippen MR) is 91.1 cm³/mol. The molecule has 0 aliphatic carbocycles. The number of hydrogen-bond donors (Lipinski definition) is 0. The third kappa shape index (κ3) is 2.35.